The number of hydrogen-bond donors (Lipinski definition) is 1. The van der Waals surface area contributed by atoms with E-state index in [-0.39, 0.29) is 29.6 Å². The van der Waals surface area contributed by atoms with Crippen LogP contribution in [0.25, 0.3) is 11.2 Å². The van der Waals surface area contributed by atoms with Crippen molar-refractivity contribution >= 4 is 23.1 Å². The van der Waals surface area contributed by atoms with Crippen molar-refractivity contribution in [2.24, 2.45) is 14.1 Å². The second kappa shape index (κ2) is 7.06. The van der Waals surface area contributed by atoms with Crippen LogP contribution in [0.3, 0.4) is 0 Å². The van der Waals surface area contributed by atoms with Crippen LogP contribution in [0.4, 0.5) is 6.01 Å². The van der Waals surface area contributed by atoms with Gasteiger partial charge in [-0.2, -0.15) is 0 Å². The molecule has 4 rings (SSSR count). The second-order valence-corrected chi connectivity index (χ2v) is 7.08. The molecule has 0 unspecified atom stereocenters. The van der Waals surface area contributed by atoms with Crippen LogP contribution in [0.15, 0.2) is 20.3 Å². The van der Waals surface area contributed by atoms with Crippen LogP contribution in [-0.4, -0.2) is 34.8 Å². The van der Waals surface area contributed by atoms with E-state index in [1.165, 1.54) is 36.0 Å². The summed E-state index contributed by atoms with van der Waals surface area (Å²) in [7, 11) is 2.90. The number of carbonyl (C=O) groups excluding carboxylic acids is 1. The second-order valence-electron chi connectivity index (χ2n) is 7.08. The zero-order chi connectivity index (χ0) is 19.8. The van der Waals surface area contributed by atoms with Gasteiger partial charge in [-0.3, -0.25) is 24.0 Å². The van der Waals surface area contributed by atoms with Gasteiger partial charge >= 0.3 is 11.7 Å². The molecule has 3 aromatic rings. The van der Waals surface area contributed by atoms with E-state index in [9.17, 15) is 14.4 Å². The van der Waals surface area contributed by atoms with Crippen molar-refractivity contribution in [3.8, 4) is 0 Å². The topological polar surface area (TPSA) is 130 Å². The number of aromatic nitrogens is 6. The van der Waals surface area contributed by atoms with Crippen LogP contribution in [0.5, 0.6) is 0 Å². The third-order valence-corrected chi connectivity index (χ3v) is 5.17. The molecular formula is C17H21N7O4. The van der Waals surface area contributed by atoms with Gasteiger partial charge in [-0.05, 0) is 12.8 Å². The molecule has 11 nitrogen and oxygen atoms in total. The number of aryl methyl sites for hydroxylation is 1. The lowest BCUT2D eigenvalue weighted by Crippen LogP contribution is -2.37. The quantitative estimate of drug-likeness (QED) is 0.690. The summed E-state index contributed by atoms with van der Waals surface area (Å²) in [5, 5.41) is 10.5. The highest BCUT2D eigenvalue weighted by Crippen LogP contribution is 2.32. The molecule has 148 valence electrons. The lowest BCUT2D eigenvalue weighted by molar-refractivity contribution is -0.116. The van der Waals surface area contributed by atoms with E-state index in [2.05, 4.69) is 20.5 Å². The Morgan fingerprint density at radius 2 is 1.93 bits per heavy atom. The van der Waals surface area contributed by atoms with E-state index in [0.717, 1.165) is 30.3 Å². The van der Waals surface area contributed by atoms with Crippen molar-refractivity contribution in [1.82, 2.24) is 28.9 Å². The van der Waals surface area contributed by atoms with Crippen LogP contribution in [0.1, 0.15) is 43.9 Å². The molecule has 0 aliphatic heterocycles. The average Bonchev–Trinajstić information content (AvgIpc) is 3.33. The molecule has 0 radical (unpaired) electrons. The molecule has 1 fully saturated rings. The number of imidazole rings is 1. The Kier molecular flexibility index (Phi) is 4.57. The molecule has 1 aliphatic rings. The first-order chi connectivity index (χ1) is 13.5. The minimum absolute atomic E-state index is 0.0373. The largest absolute Gasteiger partial charge is 0.408 e. The van der Waals surface area contributed by atoms with Crippen molar-refractivity contribution in [2.45, 2.75) is 44.6 Å². The molecular weight excluding hydrogens is 366 g/mol. The number of carbonyl (C=O) groups is 1. The summed E-state index contributed by atoms with van der Waals surface area (Å²) in [5.74, 6) is 0.356. The molecule has 28 heavy (non-hydrogen) atoms. The van der Waals surface area contributed by atoms with E-state index in [4.69, 9.17) is 4.42 Å². The zero-order valence-corrected chi connectivity index (χ0v) is 15.7. The summed E-state index contributed by atoms with van der Waals surface area (Å²) in [6, 6.07) is 0.0373. The first kappa shape index (κ1) is 18.1. The summed E-state index contributed by atoms with van der Waals surface area (Å²) in [4.78, 5) is 40.9. The Labute approximate surface area is 159 Å². The van der Waals surface area contributed by atoms with Crippen LogP contribution in [0, 0.1) is 0 Å². The summed E-state index contributed by atoms with van der Waals surface area (Å²) in [6.07, 6.45) is 6.88. The Hall–Kier alpha value is -3.24. The highest BCUT2D eigenvalue weighted by Gasteiger charge is 2.22. The third-order valence-electron chi connectivity index (χ3n) is 5.17. The molecule has 3 aromatic heterocycles. The zero-order valence-electron chi connectivity index (χ0n) is 15.7. The smallest absolute Gasteiger partial charge is 0.332 e. The van der Waals surface area contributed by atoms with E-state index in [0.29, 0.717) is 5.89 Å². The molecule has 11 heteroatoms. The van der Waals surface area contributed by atoms with Gasteiger partial charge in [-0.25, -0.2) is 9.78 Å². The van der Waals surface area contributed by atoms with Crippen molar-refractivity contribution < 1.29 is 9.21 Å². The number of anilines is 1. The summed E-state index contributed by atoms with van der Waals surface area (Å²) < 4.78 is 9.22. The molecule has 0 saturated heterocycles. The molecule has 0 atom stereocenters. The molecule has 0 aromatic carbocycles. The lowest BCUT2D eigenvalue weighted by atomic mass is 9.89. The Bertz CT molecular complexity index is 1150. The van der Waals surface area contributed by atoms with Gasteiger partial charge in [0.25, 0.3) is 5.56 Å². The molecule has 0 spiro atoms. The van der Waals surface area contributed by atoms with E-state index in [1.54, 1.807) is 0 Å². The molecule has 1 N–H and O–H groups in total. The maximum atomic E-state index is 12.4. The van der Waals surface area contributed by atoms with Crippen LogP contribution in [0.2, 0.25) is 0 Å². The first-order valence-electron chi connectivity index (χ1n) is 9.20. The van der Waals surface area contributed by atoms with Crippen molar-refractivity contribution in [3.63, 3.8) is 0 Å². The van der Waals surface area contributed by atoms with Crippen LogP contribution < -0.4 is 16.6 Å². The fraction of sp³-hybridized carbons (Fsp3) is 0.529. The Morgan fingerprint density at radius 3 is 2.68 bits per heavy atom. The number of fused-ring (bicyclic) bond motifs is 1. The lowest BCUT2D eigenvalue weighted by Gasteiger charge is -2.17. The highest BCUT2D eigenvalue weighted by atomic mass is 16.4. The standard InChI is InChI=1S/C17H21N7O4/c1-22-13-12(15(26)23(2)17(22)27)24(9-18-13)8-11(25)19-16-21-20-14(28-16)10-6-4-3-5-7-10/h9-10H,3-8H2,1-2H3,(H,19,21,25). The third kappa shape index (κ3) is 3.12. The van der Waals surface area contributed by atoms with Crippen molar-refractivity contribution in [1.29, 1.82) is 0 Å². The van der Waals surface area contributed by atoms with Gasteiger partial charge in [0, 0.05) is 20.0 Å². The van der Waals surface area contributed by atoms with Gasteiger partial charge in [0.1, 0.15) is 6.54 Å². The van der Waals surface area contributed by atoms with Gasteiger partial charge in [-0.1, -0.05) is 24.4 Å². The SMILES string of the molecule is Cn1c(=O)c2c(ncn2CC(=O)Nc2nnc(C3CCCCC3)o2)n(C)c1=O. The van der Waals surface area contributed by atoms with Gasteiger partial charge in [0.05, 0.1) is 6.33 Å². The minimum atomic E-state index is -0.513. The maximum Gasteiger partial charge on any atom is 0.332 e. The van der Waals surface area contributed by atoms with Crippen LogP contribution >= 0.6 is 0 Å². The minimum Gasteiger partial charge on any atom is -0.408 e. The van der Waals surface area contributed by atoms with Gasteiger partial charge < -0.3 is 8.98 Å². The van der Waals surface area contributed by atoms with Crippen LogP contribution in [-0.2, 0) is 25.4 Å². The number of amides is 1. The maximum absolute atomic E-state index is 12.4. The van der Waals surface area contributed by atoms with Crippen molar-refractivity contribution in [3.05, 3.63) is 33.1 Å². The first-order valence-corrected chi connectivity index (χ1v) is 9.20. The fourth-order valence-corrected chi connectivity index (χ4v) is 3.63. The molecule has 0 bridgehead atoms. The van der Waals surface area contributed by atoms with Gasteiger partial charge in [-0.15, -0.1) is 5.10 Å². The van der Waals surface area contributed by atoms with Crippen molar-refractivity contribution in [2.75, 3.05) is 5.32 Å². The Morgan fingerprint density at radius 1 is 1.18 bits per heavy atom. The number of hydrogen-bond acceptors (Lipinski definition) is 7. The molecule has 1 amide bonds. The summed E-state index contributed by atoms with van der Waals surface area (Å²) >= 11 is 0. The number of nitrogens with one attached hydrogen (secondary N) is 1. The predicted octanol–water partition coefficient (Wildman–Crippen LogP) is 0.503. The molecule has 3 heterocycles. The molecule has 1 saturated carbocycles. The fourth-order valence-electron chi connectivity index (χ4n) is 3.63. The predicted molar refractivity (Wildman–Crippen MR) is 99.0 cm³/mol. The number of rotatable bonds is 4. The van der Waals surface area contributed by atoms with Gasteiger partial charge in [0.2, 0.25) is 11.8 Å². The van der Waals surface area contributed by atoms with E-state index >= 15 is 0 Å². The van der Waals surface area contributed by atoms with E-state index < -0.39 is 17.2 Å². The molecule has 1 aliphatic carbocycles. The van der Waals surface area contributed by atoms with E-state index in [1.807, 2.05) is 0 Å². The summed E-state index contributed by atoms with van der Waals surface area (Å²) in [5.41, 5.74) is -0.597. The Balaban J connectivity index is 1.52. The highest BCUT2D eigenvalue weighted by molar-refractivity contribution is 5.89. The van der Waals surface area contributed by atoms with Gasteiger partial charge in [0.15, 0.2) is 11.2 Å². The summed E-state index contributed by atoms with van der Waals surface area (Å²) in [6.45, 7) is -0.176. The number of nitrogens with zero attached hydrogens (tertiary/aromatic N) is 6. The normalized spacial score (nSPS) is 15.2. The monoisotopic (exact) mass is 387 g/mol. The average molecular weight is 387 g/mol.